The molecule has 2 aromatic rings. The van der Waals surface area contributed by atoms with E-state index in [2.05, 4.69) is 4.98 Å². The lowest BCUT2D eigenvalue weighted by Gasteiger charge is -2.05. The number of aromatic carboxylic acids is 1. The van der Waals surface area contributed by atoms with E-state index in [1.807, 2.05) is 0 Å². The molecule has 7 nitrogen and oxygen atoms in total. The van der Waals surface area contributed by atoms with Gasteiger partial charge in [-0.3, -0.25) is 10.1 Å². The zero-order chi connectivity index (χ0) is 14.5. The average Bonchev–Trinajstić information content (AvgIpc) is 2.46. The number of non-ortho nitro benzene ring substituents is 1. The van der Waals surface area contributed by atoms with Gasteiger partial charge in [-0.25, -0.2) is 9.78 Å². The Kier molecular flexibility index (Phi) is 3.90. The third-order valence-electron chi connectivity index (χ3n) is 2.46. The van der Waals surface area contributed by atoms with E-state index in [9.17, 15) is 14.9 Å². The Morgan fingerprint density at radius 2 is 1.95 bits per heavy atom. The molecule has 7 heteroatoms. The van der Waals surface area contributed by atoms with E-state index < -0.39 is 10.9 Å². The highest BCUT2D eigenvalue weighted by atomic mass is 16.6. The molecule has 1 N–H and O–H groups in total. The summed E-state index contributed by atoms with van der Waals surface area (Å²) in [4.78, 5) is 24.7. The molecule has 0 spiro atoms. The third kappa shape index (κ3) is 3.29. The molecule has 0 saturated heterocycles. The lowest BCUT2D eigenvalue weighted by Crippen LogP contribution is -2.04. The fourth-order valence-corrected chi connectivity index (χ4v) is 1.50. The Balaban J connectivity index is 2.03. The van der Waals surface area contributed by atoms with Crippen LogP contribution in [0.25, 0.3) is 0 Å². The molecule has 1 aromatic carbocycles. The molecule has 0 radical (unpaired) electrons. The minimum Gasteiger partial charge on any atom is -0.487 e. The number of rotatable bonds is 5. The predicted molar refractivity (Wildman–Crippen MR) is 68.6 cm³/mol. The molecule has 0 aliphatic carbocycles. The van der Waals surface area contributed by atoms with Crippen LogP contribution in [0, 0.1) is 10.1 Å². The van der Waals surface area contributed by atoms with E-state index in [1.54, 1.807) is 12.1 Å². The van der Waals surface area contributed by atoms with Crippen molar-refractivity contribution in [3.05, 3.63) is 64.0 Å². The van der Waals surface area contributed by atoms with Gasteiger partial charge in [-0.05, 0) is 24.3 Å². The predicted octanol–water partition coefficient (Wildman–Crippen LogP) is 2.27. The lowest BCUT2D eigenvalue weighted by molar-refractivity contribution is -0.384. The molecule has 0 saturated carbocycles. The molecular formula is C13H10N2O5. The number of nitro benzene ring substituents is 1. The van der Waals surface area contributed by atoms with Crippen molar-refractivity contribution in [2.45, 2.75) is 6.61 Å². The number of pyridine rings is 1. The molecule has 0 aliphatic heterocycles. The zero-order valence-electron chi connectivity index (χ0n) is 10.2. The highest BCUT2D eigenvalue weighted by molar-refractivity contribution is 5.85. The summed E-state index contributed by atoms with van der Waals surface area (Å²) in [5.41, 5.74) is 0.376. The third-order valence-corrected chi connectivity index (χ3v) is 2.46. The first-order valence-electron chi connectivity index (χ1n) is 5.63. The van der Waals surface area contributed by atoms with Gasteiger partial charge in [0.05, 0.1) is 10.6 Å². The van der Waals surface area contributed by atoms with Gasteiger partial charge in [-0.15, -0.1) is 0 Å². The molecule has 0 atom stereocenters. The normalized spacial score (nSPS) is 10.0. The summed E-state index contributed by atoms with van der Waals surface area (Å²) >= 11 is 0. The average molecular weight is 274 g/mol. The Morgan fingerprint density at radius 3 is 2.55 bits per heavy atom. The first kappa shape index (κ1) is 13.5. The number of nitro groups is 1. The molecule has 20 heavy (non-hydrogen) atoms. The van der Waals surface area contributed by atoms with Crippen molar-refractivity contribution in [2.24, 2.45) is 0 Å². The number of hydrogen-bond donors (Lipinski definition) is 1. The van der Waals surface area contributed by atoms with Gasteiger partial charge in [0.1, 0.15) is 18.1 Å². The summed E-state index contributed by atoms with van der Waals surface area (Å²) in [5, 5.41) is 19.3. The Labute approximate surface area is 113 Å². The van der Waals surface area contributed by atoms with Gasteiger partial charge < -0.3 is 9.84 Å². The van der Waals surface area contributed by atoms with Crippen molar-refractivity contribution in [3.8, 4) is 5.75 Å². The second kappa shape index (κ2) is 5.79. The fraction of sp³-hybridized carbons (Fsp3) is 0.0769. The minimum atomic E-state index is -1.11. The second-order valence-electron chi connectivity index (χ2n) is 3.86. The summed E-state index contributed by atoms with van der Waals surface area (Å²) < 4.78 is 5.38. The minimum absolute atomic E-state index is 0.0247. The smallest absolute Gasteiger partial charge is 0.354 e. The van der Waals surface area contributed by atoms with Crippen LogP contribution in [0.15, 0.2) is 42.5 Å². The number of benzene rings is 1. The van der Waals surface area contributed by atoms with Crippen LogP contribution in [0.1, 0.15) is 16.2 Å². The van der Waals surface area contributed by atoms with E-state index in [-0.39, 0.29) is 18.0 Å². The molecule has 0 fully saturated rings. The molecule has 1 aromatic heterocycles. The summed E-state index contributed by atoms with van der Waals surface area (Å²) in [6.45, 7) is 0.0823. The number of ether oxygens (including phenoxy) is 1. The molecular weight excluding hydrogens is 264 g/mol. The van der Waals surface area contributed by atoms with E-state index in [0.717, 1.165) is 0 Å². The lowest BCUT2D eigenvalue weighted by atomic mass is 10.3. The molecule has 0 amide bonds. The molecule has 1 heterocycles. The maximum Gasteiger partial charge on any atom is 0.354 e. The number of carboxylic acid groups (broad SMARTS) is 1. The zero-order valence-corrected chi connectivity index (χ0v) is 10.2. The number of aromatic nitrogens is 1. The fourth-order valence-electron chi connectivity index (χ4n) is 1.50. The van der Waals surface area contributed by atoms with Gasteiger partial charge in [0, 0.05) is 12.1 Å². The summed E-state index contributed by atoms with van der Waals surface area (Å²) in [5.74, 6) is -0.666. The van der Waals surface area contributed by atoms with E-state index >= 15 is 0 Å². The maximum atomic E-state index is 10.8. The molecule has 102 valence electrons. The monoisotopic (exact) mass is 274 g/mol. The van der Waals surface area contributed by atoms with E-state index in [1.165, 1.54) is 30.3 Å². The van der Waals surface area contributed by atoms with Crippen molar-refractivity contribution in [1.82, 2.24) is 4.98 Å². The Bertz CT molecular complexity index is 639. The standard InChI is InChI=1S/C13H10N2O5/c16-13(17)12-3-1-2-9(14-12)8-20-11-6-4-10(5-7-11)15(18)19/h1-7H,8H2,(H,16,17). The van der Waals surface area contributed by atoms with Gasteiger partial charge in [-0.1, -0.05) is 6.07 Å². The van der Waals surface area contributed by atoms with Crippen LogP contribution in [0.3, 0.4) is 0 Å². The van der Waals surface area contributed by atoms with E-state index in [4.69, 9.17) is 9.84 Å². The van der Waals surface area contributed by atoms with Crippen molar-refractivity contribution in [3.63, 3.8) is 0 Å². The van der Waals surface area contributed by atoms with Gasteiger partial charge in [0.15, 0.2) is 0 Å². The molecule has 2 rings (SSSR count). The van der Waals surface area contributed by atoms with Crippen molar-refractivity contribution in [2.75, 3.05) is 0 Å². The number of nitrogens with zero attached hydrogens (tertiary/aromatic N) is 2. The summed E-state index contributed by atoms with van der Waals surface area (Å²) in [6.07, 6.45) is 0. The Morgan fingerprint density at radius 1 is 1.25 bits per heavy atom. The first-order chi connectivity index (χ1) is 9.56. The van der Waals surface area contributed by atoms with Crippen molar-refractivity contribution in [1.29, 1.82) is 0 Å². The van der Waals surface area contributed by atoms with Crippen LogP contribution in [0.5, 0.6) is 5.75 Å². The van der Waals surface area contributed by atoms with Gasteiger partial charge >= 0.3 is 5.97 Å². The van der Waals surface area contributed by atoms with Crippen LogP contribution < -0.4 is 4.74 Å². The number of hydrogen-bond acceptors (Lipinski definition) is 5. The van der Waals surface area contributed by atoms with Crippen molar-refractivity contribution >= 4 is 11.7 Å². The topological polar surface area (TPSA) is 103 Å². The van der Waals surface area contributed by atoms with Gasteiger partial charge in [0.25, 0.3) is 5.69 Å². The summed E-state index contributed by atoms with van der Waals surface area (Å²) in [7, 11) is 0. The molecule has 0 bridgehead atoms. The van der Waals surface area contributed by atoms with Gasteiger partial charge in [0.2, 0.25) is 0 Å². The van der Waals surface area contributed by atoms with Crippen LogP contribution >= 0.6 is 0 Å². The van der Waals surface area contributed by atoms with Crippen molar-refractivity contribution < 1.29 is 19.6 Å². The van der Waals surface area contributed by atoms with Crippen LogP contribution in [0.4, 0.5) is 5.69 Å². The summed E-state index contributed by atoms with van der Waals surface area (Å²) in [6, 6.07) is 10.2. The highest BCUT2D eigenvalue weighted by Gasteiger charge is 2.07. The second-order valence-corrected chi connectivity index (χ2v) is 3.86. The quantitative estimate of drug-likeness (QED) is 0.662. The highest BCUT2D eigenvalue weighted by Crippen LogP contribution is 2.18. The molecule has 0 aliphatic rings. The maximum absolute atomic E-state index is 10.8. The van der Waals surface area contributed by atoms with E-state index in [0.29, 0.717) is 11.4 Å². The van der Waals surface area contributed by atoms with Crippen LogP contribution in [-0.2, 0) is 6.61 Å². The molecule has 0 unspecified atom stereocenters. The first-order valence-corrected chi connectivity index (χ1v) is 5.63. The number of carboxylic acids is 1. The number of carbonyl (C=O) groups is 1. The van der Waals surface area contributed by atoms with Gasteiger partial charge in [-0.2, -0.15) is 0 Å². The van der Waals surface area contributed by atoms with Crippen LogP contribution in [0.2, 0.25) is 0 Å². The Hall–Kier alpha value is -2.96. The SMILES string of the molecule is O=C(O)c1cccc(COc2ccc([N+](=O)[O-])cc2)n1. The van der Waals surface area contributed by atoms with Crippen LogP contribution in [-0.4, -0.2) is 21.0 Å². The largest absolute Gasteiger partial charge is 0.487 e.